The highest BCUT2D eigenvalue weighted by atomic mass is 15.0. The molecule has 4 heteroatoms. The van der Waals surface area contributed by atoms with Crippen LogP contribution in [-0.4, -0.2) is 21.5 Å². The van der Waals surface area contributed by atoms with E-state index in [1.807, 2.05) is 30.3 Å². The standard InChI is InChI=1S/C49H32N4/c1-4-16-32(17-5-1)43-39-26-10-11-27-40(39)47-44(43)46(34-20-8-3-9-21-34)52-49(53-47)38-25-15-23-36(31-38)35-22-14-24-37(30-35)48-50-42-29-13-12-28-41(42)45(51-48)33-18-6-2-7-19-33/h1-31,44H. The Morgan fingerprint density at radius 2 is 0.925 bits per heavy atom. The summed E-state index contributed by atoms with van der Waals surface area (Å²) in [6.45, 7) is 0. The lowest BCUT2D eigenvalue weighted by Gasteiger charge is -2.25. The van der Waals surface area contributed by atoms with Gasteiger partial charge < -0.3 is 0 Å². The Balaban J connectivity index is 1.09. The molecule has 0 N–H and O–H groups in total. The van der Waals surface area contributed by atoms with E-state index in [9.17, 15) is 0 Å². The SMILES string of the molecule is c1ccc(C2=NC(c3cccc(-c4cccc(-c5nc(-c6ccccc6)c6ccccc6n5)c4)c3)=NC3=c4ccccc4=C(c4ccccc4)C23)cc1. The minimum atomic E-state index is -0.0801. The number of fused-ring (bicyclic) bond motifs is 3. The fraction of sp³-hybridized carbons (Fsp3) is 0.0204. The van der Waals surface area contributed by atoms with Crippen LogP contribution in [0.4, 0.5) is 0 Å². The highest BCUT2D eigenvalue weighted by molar-refractivity contribution is 6.23. The van der Waals surface area contributed by atoms with Crippen LogP contribution >= 0.6 is 0 Å². The van der Waals surface area contributed by atoms with E-state index in [2.05, 4.69) is 158 Å². The second-order valence-electron chi connectivity index (χ2n) is 13.4. The molecule has 1 aromatic heterocycles. The Labute approximate surface area is 307 Å². The molecule has 2 aliphatic rings. The van der Waals surface area contributed by atoms with Crippen molar-refractivity contribution in [3.05, 3.63) is 215 Å². The van der Waals surface area contributed by atoms with Crippen LogP contribution in [0.1, 0.15) is 16.7 Å². The van der Waals surface area contributed by atoms with Crippen molar-refractivity contribution in [3.8, 4) is 33.8 Å². The van der Waals surface area contributed by atoms with Gasteiger partial charge in [0, 0.05) is 27.3 Å². The van der Waals surface area contributed by atoms with Gasteiger partial charge in [-0.2, -0.15) is 0 Å². The molecule has 248 valence electrons. The molecule has 1 atom stereocenters. The summed E-state index contributed by atoms with van der Waals surface area (Å²) in [6, 6.07) is 65.4. The van der Waals surface area contributed by atoms with E-state index in [4.69, 9.17) is 20.0 Å². The Morgan fingerprint density at radius 1 is 0.377 bits per heavy atom. The number of aromatic nitrogens is 2. The minimum Gasteiger partial charge on any atom is -0.231 e. The van der Waals surface area contributed by atoms with Gasteiger partial charge in [-0.1, -0.05) is 170 Å². The van der Waals surface area contributed by atoms with Crippen LogP contribution in [0.25, 0.3) is 55.9 Å². The highest BCUT2D eigenvalue weighted by Crippen LogP contribution is 2.38. The van der Waals surface area contributed by atoms with E-state index in [-0.39, 0.29) is 5.92 Å². The van der Waals surface area contributed by atoms with Crippen molar-refractivity contribution in [2.45, 2.75) is 0 Å². The maximum Gasteiger partial charge on any atom is 0.160 e. The minimum absolute atomic E-state index is 0.0801. The maximum atomic E-state index is 5.40. The number of nitrogens with zero attached hydrogens (tertiary/aromatic N) is 4. The molecule has 0 bridgehead atoms. The van der Waals surface area contributed by atoms with Gasteiger partial charge in [-0.25, -0.2) is 20.0 Å². The molecule has 2 heterocycles. The molecule has 0 fully saturated rings. The Bertz CT molecular complexity index is 2880. The fourth-order valence-electron chi connectivity index (χ4n) is 7.70. The van der Waals surface area contributed by atoms with Gasteiger partial charge in [-0.15, -0.1) is 0 Å². The first kappa shape index (κ1) is 30.8. The van der Waals surface area contributed by atoms with Crippen LogP contribution in [0.15, 0.2) is 198 Å². The molecule has 53 heavy (non-hydrogen) atoms. The molecule has 0 saturated carbocycles. The summed E-state index contributed by atoms with van der Waals surface area (Å²) < 4.78 is 0. The lowest BCUT2D eigenvalue weighted by Crippen LogP contribution is -2.25. The maximum absolute atomic E-state index is 5.40. The highest BCUT2D eigenvalue weighted by Gasteiger charge is 2.35. The average molecular weight is 677 g/mol. The van der Waals surface area contributed by atoms with Crippen molar-refractivity contribution in [1.82, 2.24) is 9.97 Å². The molecular formula is C49H32N4. The van der Waals surface area contributed by atoms with Crippen LogP contribution in [-0.2, 0) is 0 Å². The van der Waals surface area contributed by atoms with Gasteiger partial charge in [0.25, 0.3) is 0 Å². The third-order valence-electron chi connectivity index (χ3n) is 10.2. The summed E-state index contributed by atoms with van der Waals surface area (Å²) in [4.78, 5) is 20.9. The molecule has 4 nitrogen and oxygen atoms in total. The molecule has 10 rings (SSSR count). The molecule has 0 spiro atoms. The van der Waals surface area contributed by atoms with Crippen LogP contribution in [0.2, 0.25) is 0 Å². The lowest BCUT2D eigenvalue weighted by atomic mass is 9.84. The third-order valence-corrected chi connectivity index (χ3v) is 10.2. The van der Waals surface area contributed by atoms with E-state index >= 15 is 0 Å². The van der Waals surface area contributed by atoms with Gasteiger partial charge in [-0.05, 0) is 51.2 Å². The van der Waals surface area contributed by atoms with Gasteiger partial charge in [0.05, 0.1) is 28.5 Å². The first-order chi connectivity index (χ1) is 26.3. The fourth-order valence-corrected chi connectivity index (χ4v) is 7.70. The van der Waals surface area contributed by atoms with Crippen molar-refractivity contribution < 1.29 is 0 Å². The van der Waals surface area contributed by atoms with Crippen LogP contribution in [0.3, 0.4) is 0 Å². The predicted molar refractivity (Wildman–Crippen MR) is 217 cm³/mol. The summed E-state index contributed by atoms with van der Waals surface area (Å²) in [5.41, 5.74) is 12.6. The quantitative estimate of drug-likeness (QED) is 0.176. The first-order valence-corrected chi connectivity index (χ1v) is 17.9. The number of hydrogen-bond acceptors (Lipinski definition) is 4. The first-order valence-electron chi connectivity index (χ1n) is 17.9. The average Bonchev–Trinajstić information content (AvgIpc) is 3.58. The third kappa shape index (κ3) is 5.49. The summed E-state index contributed by atoms with van der Waals surface area (Å²) in [6.07, 6.45) is 0. The lowest BCUT2D eigenvalue weighted by molar-refractivity contribution is 1.12. The van der Waals surface area contributed by atoms with Gasteiger partial charge >= 0.3 is 0 Å². The monoisotopic (exact) mass is 676 g/mol. The molecule has 0 amide bonds. The number of rotatable bonds is 6. The molecule has 0 radical (unpaired) electrons. The second kappa shape index (κ2) is 12.9. The summed E-state index contributed by atoms with van der Waals surface area (Å²) in [5, 5.41) is 3.41. The predicted octanol–water partition coefficient (Wildman–Crippen LogP) is 9.52. The van der Waals surface area contributed by atoms with Crippen LogP contribution in [0, 0.1) is 5.92 Å². The summed E-state index contributed by atoms with van der Waals surface area (Å²) in [7, 11) is 0. The number of para-hydroxylation sites is 1. The summed E-state index contributed by atoms with van der Waals surface area (Å²) in [5.74, 6) is 1.33. The van der Waals surface area contributed by atoms with Gasteiger partial charge in [0.15, 0.2) is 11.7 Å². The zero-order valence-electron chi connectivity index (χ0n) is 28.8. The van der Waals surface area contributed by atoms with Gasteiger partial charge in [0.2, 0.25) is 0 Å². The van der Waals surface area contributed by atoms with E-state index in [0.717, 1.165) is 66.6 Å². The smallest absolute Gasteiger partial charge is 0.160 e. The van der Waals surface area contributed by atoms with Gasteiger partial charge in [-0.3, -0.25) is 0 Å². The zero-order chi connectivity index (χ0) is 35.1. The number of amidine groups is 1. The van der Waals surface area contributed by atoms with Gasteiger partial charge in [0.1, 0.15) is 0 Å². The second-order valence-corrected chi connectivity index (χ2v) is 13.4. The molecule has 0 saturated heterocycles. The van der Waals surface area contributed by atoms with Crippen LogP contribution < -0.4 is 10.4 Å². The van der Waals surface area contributed by atoms with E-state index in [0.29, 0.717) is 11.7 Å². The Kier molecular flexibility index (Phi) is 7.51. The Hall–Kier alpha value is -7.04. The molecular weight excluding hydrogens is 645 g/mol. The normalized spacial score (nSPS) is 14.8. The van der Waals surface area contributed by atoms with E-state index in [1.165, 1.54) is 16.4 Å². The van der Waals surface area contributed by atoms with Crippen molar-refractivity contribution in [2.24, 2.45) is 15.9 Å². The number of benzene rings is 7. The number of aliphatic imine (C=N–C) groups is 2. The van der Waals surface area contributed by atoms with Crippen molar-refractivity contribution in [2.75, 3.05) is 0 Å². The summed E-state index contributed by atoms with van der Waals surface area (Å²) >= 11 is 0. The van der Waals surface area contributed by atoms with Crippen LogP contribution in [0.5, 0.6) is 0 Å². The van der Waals surface area contributed by atoms with E-state index < -0.39 is 0 Å². The molecule has 7 aromatic carbocycles. The van der Waals surface area contributed by atoms with Crippen molar-refractivity contribution in [1.29, 1.82) is 0 Å². The largest absolute Gasteiger partial charge is 0.231 e. The molecule has 8 aromatic rings. The zero-order valence-corrected chi connectivity index (χ0v) is 28.8. The van der Waals surface area contributed by atoms with Crippen molar-refractivity contribution >= 4 is 33.7 Å². The molecule has 1 unspecified atom stereocenters. The Morgan fingerprint density at radius 3 is 1.66 bits per heavy atom. The van der Waals surface area contributed by atoms with Crippen molar-refractivity contribution in [3.63, 3.8) is 0 Å². The topological polar surface area (TPSA) is 50.5 Å². The molecule has 1 aliphatic carbocycles. The van der Waals surface area contributed by atoms with E-state index in [1.54, 1.807) is 0 Å². The number of hydrogen-bond donors (Lipinski definition) is 0. The molecule has 1 aliphatic heterocycles.